The molecule has 0 amide bonds. The number of aromatic nitrogens is 2. The van der Waals surface area contributed by atoms with Gasteiger partial charge in [0.2, 0.25) is 11.2 Å². The largest absolute Gasteiger partial charge is 0.480 e. The van der Waals surface area contributed by atoms with Gasteiger partial charge in [0.1, 0.15) is 0 Å². The van der Waals surface area contributed by atoms with Crippen LogP contribution in [-0.4, -0.2) is 30.2 Å². The highest BCUT2D eigenvalue weighted by Crippen LogP contribution is 2.17. The number of carbonyl (C=O) groups excluding carboxylic acids is 1. The molecule has 6 heteroatoms. The van der Waals surface area contributed by atoms with Gasteiger partial charge in [-0.25, -0.2) is 4.98 Å². The predicted molar refractivity (Wildman–Crippen MR) is 59.3 cm³/mol. The second-order valence-corrected chi connectivity index (χ2v) is 3.12. The number of methoxy groups -OCH3 is 2. The Bertz CT molecular complexity index is 407. The Morgan fingerprint density at radius 1 is 1.56 bits per heavy atom. The third-order valence-electron chi connectivity index (χ3n) is 1.75. The molecule has 0 N–H and O–H groups in total. The highest BCUT2D eigenvalue weighted by atomic mass is 35.5. The molecule has 0 aromatic carbocycles. The smallest absolute Gasteiger partial charge is 0.309 e. The van der Waals surface area contributed by atoms with Crippen molar-refractivity contribution < 1.29 is 14.3 Å². The molecule has 0 aliphatic carbocycles. The first kappa shape index (κ1) is 12.4. The average molecular weight is 243 g/mol. The van der Waals surface area contributed by atoms with Gasteiger partial charge in [-0.3, -0.25) is 4.79 Å². The molecule has 1 aromatic heterocycles. The fraction of sp³-hybridized carbons (Fsp3) is 0.300. The number of esters is 1. The summed E-state index contributed by atoms with van der Waals surface area (Å²) >= 11 is 5.60. The summed E-state index contributed by atoms with van der Waals surface area (Å²) in [4.78, 5) is 18.5. The molecule has 0 saturated carbocycles. The molecule has 86 valence electrons. The summed E-state index contributed by atoms with van der Waals surface area (Å²) in [5, 5.41) is 0.113. The van der Waals surface area contributed by atoms with Gasteiger partial charge in [0.05, 0.1) is 26.2 Å². The molecule has 0 radical (unpaired) electrons. The maximum atomic E-state index is 10.9. The summed E-state index contributed by atoms with van der Waals surface area (Å²) in [7, 11) is 2.82. The minimum Gasteiger partial charge on any atom is -0.480 e. The number of halogens is 1. The van der Waals surface area contributed by atoms with Gasteiger partial charge in [0, 0.05) is 6.20 Å². The highest BCUT2D eigenvalue weighted by molar-refractivity contribution is 6.28. The van der Waals surface area contributed by atoms with Gasteiger partial charge in [-0.1, -0.05) is 12.2 Å². The van der Waals surface area contributed by atoms with Gasteiger partial charge in [0.15, 0.2) is 0 Å². The van der Waals surface area contributed by atoms with E-state index in [9.17, 15) is 4.79 Å². The minimum absolute atomic E-state index is 0.113. The fourth-order valence-electron chi connectivity index (χ4n) is 0.999. The molecule has 0 aliphatic rings. The summed E-state index contributed by atoms with van der Waals surface area (Å²) in [6, 6.07) is 0. The second-order valence-electron chi connectivity index (χ2n) is 2.79. The Balaban J connectivity index is 2.76. The van der Waals surface area contributed by atoms with Gasteiger partial charge >= 0.3 is 5.97 Å². The van der Waals surface area contributed by atoms with E-state index in [4.69, 9.17) is 16.3 Å². The van der Waals surface area contributed by atoms with Crippen LogP contribution in [0.5, 0.6) is 5.88 Å². The lowest BCUT2D eigenvalue weighted by atomic mass is 10.2. The van der Waals surface area contributed by atoms with Gasteiger partial charge in [-0.05, 0) is 11.6 Å². The maximum Gasteiger partial charge on any atom is 0.309 e. The minimum atomic E-state index is -0.315. The van der Waals surface area contributed by atoms with Crippen molar-refractivity contribution in [2.75, 3.05) is 14.2 Å². The van der Waals surface area contributed by atoms with E-state index >= 15 is 0 Å². The SMILES string of the molecule is COC(=O)CC=Cc1cnc(Cl)nc1OC. The van der Waals surface area contributed by atoms with Gasteiger partial charge in [-0.15, -0.1) is 0 Å². The zero-order valence-electron chi connectivity index (χ0n) is 8.94. The van der Waals surface area contributed by atoms with E-state index in [1.54, 1.807) is 12.2 Å². The molecule has 0 fully saturated rings. The monoisotopic (exact) mass is 242 g/mol. The Kier molecular flexibility index (Phi) is 4.72. The third kappa shape index (κ3) is 3.51. The number of ether oxygens (including phenoxy) is 2. The van der Waals surface area contributed by atoms with E-state index in [0.717, 1.165) is 0 Å². The maximum absolute atomic E-state index is 10.9. The van der Waals surface area contributed by atoms with Crippen LogP contribution in [-0.2, 0) is 9.53 Å². The van der Waals surface area contributed by atoms with Crippen LogP contribution >= 0.6 is 11.6 Å². The molecule has 1 rings (SSSR count). The van der Waals surface area contributed by atoms with Crippen LogP contribution in [0.3, 0.4) is 0 Å². The summed E-state index contributed by atoms with van der Waals surface area (Å²) in [5.41, 5.74) is 0.649. The van der Waals surface area contributed by atoms with Crippen LogP contribution in [0.4, 0.5) is 0 Å². The topological polar surface area (TPSA) is 61.3 Å². The van der Waals surface area contributed by atoms with E-state index in [2.05, 4.69) is 14.7 Å². The van der Waals surface area contributed by atoms with Gasteiger partial charge in [-0.2, -0.15) is 4.98 Å². The van der Waals surface area contributed by atoms with Crippen molar-refractivity contribution in [3.63, 3.8) is 0 Å². The van der Waals surface area contributed by atoms with Crippen molar-refractivity contribution in [2.45, 2.75) is 6.42 Å². The summed E-state index contributed by atoms with van der Waals surface area (Å²) in [6.07, 6.45) is 5.01. The summed E-state index contributed by atoms with van der Waals surface area (Å²) < 4.78 is 9.50. The molecule has 1 heterocycles. The van der Waals surface area contributed by atoms with E-state index in [-0.39, 0.29) is 17.7 Å². The number of hydrogen-bond donors (Lipinski definition) is 0. The van der Waals surface area contributed by atoms with Crippen LogP contribution < -0.4 is 4.74 Å². The van der Waals surface area contributed by atoms with Gasteiger partial charge < -0.3 is 9.47 Å². The molecule has 0 bridgehead atoms. The molecule has 0 aliphatic heterocycles. The standard InChI is InChI=1S/C10H11ClN2O3/c1-15-8(14)5-3-4-7-6-12-10(11)13-9(7)16-2/h3-4,6H,5H2,1-2H3. The average Bonchev–Trinajstić information content (AvgIpc) is 2.30. The predicted octanol–water partition coefficient (Wildman–Crippen LogP) is 1.71. The van der Waals surface area contributed by atoms with Crippen LogP contribution in [0.15, 0.2) is 12.3 Å². The van der Waals surface area contributed by atoms with Crippen molar-refractivity contribution >= 4 is 23.6 Å². The van der Waals surface area contributed by atoms with Crippen molar-refractivity contribution in [3.8, 4) is 5.88 Å². The zero-order chi connectivity index (χ0) is 12.0. The van der Waals surface area contributed by atoms with Crippen LogP contribution in [0.25, 0.3) is 6.08 Å². The molecule has 5 nitrogen and oxygen atoms in total. The molecular formula is C10H11ClN2O3. The van der Waals surface area contributed by atoms with Crippen molar-refractivity contribution in [3.05, 3.63) is 23.1 Å². The molecule has 16 heavy (non-hydrogen) atoms. The number of rotatable bonds is 4. The van der Waals surface area contributed by atoms with E-state index in [0.29, 0.717) is 11.4 Å². The van der Waals surface area contributed by atoms with Crippen molar-refractivity contribution in [1.29, 1.82) is 0 Å². The fourth-order valence-corrected chi connectivity index (χ4v) is 1.12. The van der Waals surface area contributed by atoms with Crippen molar-refractivity contribution in [2.24, 2.45) is 0 Å². The first-order valence-corrected chi connectivity index (χ1v) is 4.85. The molecule has 0 spiro atoms. The van der Waals surface area contributed by atoms with Crippen LogP contribution in [0, 0.1) is 0 Å². The number of hydrogen-bond acceptors (Lipinski definition) is 5. The summed E-state index contributed by atoms with van der Waals surface area (Å²) in [5.74, 6) is 0.0474. The molecular weight excluding hydrogens is 232 g/mol. The molecule has 0 saturated heterocycles. The Morgan fingerprint density at radius 2 is 2.31 bits per heavy atom. The first-order valence-electron chi connectivity index (χ1n) is 4.47. The molecule has 1 aromatic rings. The number of carbonyl (C=O) groups is 1. The Hall–Kier alpha value is -1.62. The lowest BCUT2D eigenvalue weighted by molar-refractivity contribution is -0.139. The van der Waals surface area contributed by atoms with E-state index < -0.39 is 0 Å². The Labute approximate surface area is 98.1 Å². The third-order valence-corrected chi connectivity index (χ3v) is 1.94. The Morgan fingerprint density at radius 3 is 2.94 bits per heavy atom. The molecule has 0 atom stereocenters. The zero-order valence-corrected chi connectivity index (χ0v) is 9.69. The first-order chi connectivity index (χ1) is 7.67. The normalized spacial score (nSPS) is 10.4. The molecule has 0 unspecified atom stereocenters. The lowest BCUT2D eigenvalue weighted by Gasteiger charge is -2.02. The number of nitrogens with zero attached hydrogens (tertiary/aromatic N) is 2. The van der Waals surface area contributed by atoms with Gasteiger partial charge in [0.25, 0.3) is 0 Å². The summed E-state index contributed by atoms with van der Waals surface area (Å²) in [6.45, 7) is 0. The van der Waals surface area contributed by atoms with Crippen LogP contribution in [0.2, 0.25) is 5.28 Å². The van der Waals surface area contributed by atoms with E-state index in [1.807, 2.05) is 0 Å². The second kappa shape index (κ2) is 6.07. The van der Waals surface area contributed by atoms with E-state index in [1.165, 1.54) is 20.4 Å². The highest BCUT2D eigenvalue weighted by Gasteiger charge is 2.03. The van der Waals surface area contributed by atoms with Crippen LogP contribution in [0.1, 0.15) is 12.0 Å². The van der Waals surface area contributed by atoms with Crippen molar-refractivity contribution in [1.82, 2.24) is 9.97 Å². The lowest BCUT2D eigenvalue weighted by Crippen LogP contribution is -1.97. The quantitative estimate of drug-likeness (QED) is 0.594.